The smallest absolute Gasteiger partial charge is 0.321 e. The average molecular weight is 235 g/mol. The molecule has 1 heterocycles. The van der Waals surface area contributed by atoms with Crippen molar-refractivity contribution < 1.29 is 4.52 Å². The van der Waals surface area contributed by atoms with Crippen molar-refractivity contribution in [2.45, 2.75) is 17.6 Å². The minimum Gasteiger partial charge on any atom is -0.341 e. The Bertz CT molecular complexity index is 470. The molecule has 0 bridgehead atoms. The molecule has 2 aromatic rings. The lowest BCUT2D eigenvalue weighted by molar-refractivity contribution is 0.427. The summed E-state index contributed by atoms with van der Waals surface area (Å²) in [5.41, 5.74) is 1.26. The number of thioether (sulfide) groups is 1. The van der Waals surface area contributed by atoms with Gasteiger partial charge >= 0.3 is 6.01 Å². The van der Waals surface area contributed by atoms with Gasteiger partial charge in [0.2, 0.25) is 0 Å². The van der Waals surface area contributed by atoms with E-state index < -0.39 is 0 Å². The molecule has 0 atom stereocenters. The van der Waals surface area contributed by atoms with Crippen LogP contribution in [0.3, 0.4) is 0 Å². The number of hydrogen-bond donors (Lipinski definition) is 1. The van der Waals surface area contributed by atoms with Gasteiger partial charge in [-0.1, -0.05) is 22.9 Å². The molecule has 0 aliphatic heterocycles. The van der Waals surface area contributed by atoms with E-state index in [1.165, 1.54) is 10.5 Å². The summed E-state index contributed by atoms with van der Waals surface area (Å²) in [6, 6.07) is 8.81. The molecule has 1 N–H and O–H groups in total. The molecular weight excluding hydrogens is 222 g/mol. The SMILES string of the molecule is CNc1nc(CSc2cccc(C)c2)no1. The van der Waals surface area contributed by atoms with Gasteiger partial charge in [-0.25, -0.2) is 0 Å². The Hall–Kier alpha value is -1.49. The summed E-state index contributed by atoms with van der Waals surface area (Å²) in [5, 5.41) is 6.66. The molecule has 2 rings (SSSR count). The second-order valence-electron chi connectivity index (χ2n) is 3.37. The van der Waals surface area contributed by atoms with Crippen LogP contribution in [0.4, 0.5) is 6.01 Å². The van der Waals surface area contributed by atoms with Gasteiger partial charge < -0.3 is 9.84 Å². The first kappa shape index (κ1) is 11.0. The molecule has 1 aromatic heterocycles. The minimum absolute atomic E-state index is 0.458. The maximum absolute atomic E-state index is 4.94. The van der Waals surface area contributed by atoms with E-state index in [-0.39, 0.29) is 0 Å². The van der Waals surface area contributed by atoms with Gasteiger partial charge in [-0.15, -0.1) is 11.8 Å². The Balaban J connectivity index is 1.96. The second kappa shape index (κ2) is 5.03. The molecule has 0 aliphatic rings. The van der Waals surface area contributed by atoms with Gasteiger partial charge in [0.05, 0.1) is 5.75 Å². The van der Waals surface area contributed by atoms with Gasteiger partial charge in [0.15, 0.2) is 5.82 Å². The highest BCUT2D eigenvalue weighted by Crippen LogP contribution is 2.22. The molecule has 0 saturated carbocycles. The molecule has 0 fully saturated rings. The van der Waals surface area contributed by atoms with Crippen molar-refractivity contribution in [1.29, 1.82) is 0 Å². The van der Waals surface area contributed by atoms with Crippen molar-refractivity contribution in [3.8, 4) is 0 Å². The quantitative estimate of drug-likeness (QED) is 0.826. The van der Waals surface area contributed by atoms with E-state index in [4.69, 9.17) is 4.52 Å². The number of aryl methyl sites for hydroxylation is 1. The Morgan fingerprint density at radius 2 is 2.31 bits per heavy atom. The monoisotopic (exact) mass is 235 g/mol. The summed E-state index contributed by atoms with van der Waals surface area (Å²) < 4.78 is 4.94. The van der Waals surface area contributed by atoms with Crippen LogP contribution in [0.25, 0.3) is 0 Å². The van der Waals surface area contributed by atoms with Crippen LogP contribution in [0, 0.1) is 6.92 Å². The fraction of sp³-hybridized carbons (Fsp3) is 0.273. The molecular formula is C11H13N3OS. The van der Waals surface area contributed by atoms with Gasteiger partial charge in [-0.2, -0.15) is 4.98 Å². The lowest BCUT2D eigenvalue weighted by Gasteiger charge is -1.99. The average Bonchev–Trinajstić information content (AvgIpc) is 2.74. The number of hydrogen-bond acceptors (Lipinski definition) is 5. The summed E-state index contributed by atoms with van der Waals surface area (Å²) in [7, 11) is 1.75. The third-order valence-electron chi connectivity index (χ3n) is 2.04. The molecule has 16 heavy (non-hydrogen) atoms. The molecule has 1 aromatic carbocycles. The zero-order valence-corrected chi connectivity index (χ0v) is 10.0. The molecule has 4 nitrogen and oxygen atoms in total. The Morgan fingerprint density at radius 3 is 3.00 bits per heavy atom. The van der Waals surface area contributed by atoms with Crippen LogP contribution in [0.15, 0.2) is 33.7 Å². The predicted octanol–water partition coefficient (Wildman–Crippen LogP) is 2.71. The number of nitrogens with zero attached hydrogens (tertiary/aromatic N) is 2. The fourth-order valence-electron chi connectivity index (χ4n) is 1.27. The molecule has 0 amide bonds. The van der Waals surface area contributed by atoms with Crippen molar-refractivity contribution in [2.24, 2.45) is 0 Å². The van der Waals surface area contributed by atoms with E-state index in [0.29, 0.717) is 17.6 Å². The molecule has 0 saturated heterocycles. The second-order valence-corrected chi connectivity index (χ2v) is 4.42. The number of aromatic nitrogens is 2. The van der Waals surface area contributed by atoms with Gasteiger partial charge in [0.1, 0.15) is 0 Å². The highest BCUT2D eigenvalue weighted by molar-refractivity contribution is 7.98. The minimum atomic E-state index is 0.458. The van der Waals surface area contributed by atoms with Crippen molar-refractivity contribution in [3.05, 3.63) is 35.7 Å². The molecule has 0 aliphatic carbocycles. The summed E-state index contributed by atoms with van der Waals surface area (Å²) in [6.45, 7) is 2.08. The van der Waals surface area contributed by atoms with Crippen LogP contribution in [0.5, 0.6) is 0 Å². The lowest BCUT2D eigenvalue weighted by Crippen LogP contribution is -1.88. The molecule has 0 radical (unpaired) electrons. The third kappa shape index (κ3) is 2.76. The van der Waals surface area contributed by atoms with Crippen molar-refractivity contribution >= 4 is 17.8 Å². The van der Waals surface area contributed by atoms with Crippen LogP contribution in [-0.2, 0) is 5.75 Å². The maximum Gasteiger partial charge on any atom is 0.321 e. The van der Waals surface area contributed by atoms with E-state index in [1.54, 1.807) is 18.8 Å². The highest BCUT2D eigenvalue weighted by atomic mass is 32.2. The van der Waals surface area contributed by atoms with Gasteiger partial charge in [-0.05, 0) is 19.1 Å². The van der Waals surface area contributed by atoms with E-state index >= 15 is 0 Å². The van der Waals surface area contributed by atoms with E-state index in [0.717, 1.165) is 0 Å². The van der Waals surface area contributed by atoms with Gasteiger partial charge in [-0.3, -0.25) is 0 Å². The summed E-state index contributed by atoms with van der Waals surface area (Å²) >= 11 is 1.70. The molecule has 84 valence electrons. The normalized spacial score (nSPS) is 10.4. The van der Waals surface area contributed by atoms with E-state index in [1.807, 2.05) is 6.07 Å². The molecule has 0 unspecified atom stereocenters. The molecule has 5 heteroatoms. The summed E-state index contributed by atoms with van der Waals surface area (Å²) in [6.07, 6.45) is 0. The van der Waals surface area contributed by atoms with Crippen LogP contribution in [-0.4, -0.2) is 17.2 Å². The number of benzene rings is 1. The first-order valence-corrected chi connectivity index (χ1v) is 5.96. The fourth-order valence-corrected chi connectivity index (χ4v) is 2.12. The third-order valence-corrected chi connectivity index (χ3v) is 3.03. The first-order chi connectivity index (χ1) is 7.78. The maximum atomic E-state index is 4.94. The zero-order valence-electron chi connectivity index (χ0n) is 9.23. The summed E-state index contributed by atoms with van der Waals surface area (Å²) in [5.74, 6) is 1.42. The van der Waals surface area contributed by atoms with E-state index in [9.17, 15) is 0 Å². The van der Waals surface area contributed by atoms with Crippen molar-refractivity contribution in [2.75, 3.05) is 12.4 Å². The van der Waals surface area contributed by atoms with Gasteiger partial charge in [0.25, 0.3) is 0 Å². The largest absolute Gasteiger partial charge is 0.341 e. The number of rotatable bonds is 4. The molecule has 0 spiro atoms. The highest BCUT2D eigenvalue weighted by Gasteiger charge is 2.04. The topological polar surface area (TPSA) is 51.0 Å². The number of anilines is 1. The van der Waals surface area contributed by atoms with Crippen LogP contribution in [0.2, 0.25) is 0 Å². The van der Waals surface area contributed by atoms with Crippen molar-refractivity contribution in [1.82, 2.24) is 10.1 Å². The van der Waals surface area contributed by atoms with Gasteiger partial charge in [0, 0.05) is 11.9 Å². The van der Waals surface area contributed by atoms with Crippen LogP contribution >= 0.6 is 11.8 Å². The lowest BCUT2D eigenvalue weighted by atomic mass is 10.2. The number of nitrogens with one attached hydrogen (secondary N) is 1. The zero-order chi connectivity index (χ0) is 11.4. The van der Waals surface area contributed by atoms with Crippen LogP contribution in [0.1, 0.15) is 11.4 Å². The standard InChI is InChI=1S/C11H13N3OS/c1-8-4-3-5-9(6-8)16-7-10-13-11(12-2)15-14-10/h3-6H,7H2,1-2H3,(H,12,13,14). The predicted molar refractivity (Wildman–Crippen MR) is 64.6 cm³/mol. The van der Waals surface area contributed by atoms with Crippen molar-refractivity contribution in [3.63, 3.8) is 0 Å². The summed E-state index contributed by atoms with van der Waals surface area (Å²) in [4.78, 5) is 5.37. The Labute approximate surface area is 98.4 Å². The first-order valence-electron chi connectivity index (χ1n) is 4.98. The Kier molecular flexibility index (Phi) is 3.46. The van der Waals surface area contributed by atoms with E-state index in [2.05, 4.69) is 40.6 Å². The van der Waals surface area contributed by atoms with Crippen LogP contribution < -0.4 is 5.32 Å². The Morgan fingerprint density at radius 1 is 1.44 bits per heavy atom.